The number of fused-ring (bicyclic) bond motifs is 1. The van der Waals surface area contributed by atoms with E-state index in [1.54, 1.807) is 13.0 Å². The monoisotopic (exact) mass is 402 g/mol. The quantitative estimate of drug-likeness (QED) is 0.637. The van der Waals surface area contributed by atoms with E-state index in [0.717, 1.165) is 0 Å². The number of ether oxygens (including phenoxy) is 3. The van der Waals surface area contributed by atoms with Gasteiger partial charge in [0.1, 0.15) is 0 Å². The van der Waals surface area contributed by atoms with Gasteiger partial charge in [-0.1, -0.05) is 12.1 Å². The van der Waals surface area contributed by atoms with Crippen LogP contribution in [0.25, 0.3) is 11.0 Å². The molecule has 2 amide bonds. The fourth-order valence-electron chi connectivity index (χ4n) is 2.88. The van der Waals surface area contributed by atoms with Crippen molar-refractivity contribution in [2.24, 2.45) is 0 Å². The number of carbonyl (C=O) groups is 2. The van der Waals surface area contributed by atoms with Crippen molar-refractivity contribution >= 4 is 22.8 Å². The van der Waals surface area contributed by atoms with Crippen LogP contribution in [0.3, 0.4) is 0 Å². The molecule has 0 aliphatic carbocycles. The second-order valence-electron chi connectivity index (χ2n) is 5.99. The Hall–Kier alpha value is -3.75. The SMILES string of the molecule is COc1cc(C(=O)NNC(=O)c2oc3c(F)cccc3c2C)cc(OC)c1OC. The number of aryl methyl sites for hydroxylation is 1. The third-order valence-electron chi connectivity index (χ3n) is 4.34. The van der Waals surface area contributed by atoms with Gasteiger partial charge in [-0.05, 0) is 25.1 Å². The number of nitrogens with one attached hydrogen (secondary N) is 2. The first-order valence-electron chi connectivity index (χ1n) is 8.49. The van der Waals surface area contributed by atoms with Crippen LogP contribution in [0.15, 0.2) is 34.7 Å². The number of amides is 2. The summed E-state index contributed by atoms with van der Waals surface area (Å²) in [7, 11) is 4.29. The molecule has 152 valence electrons. The highest BCUT2D eigenvalue weighted by Gasteiger charge is 2.21. The van der Waals surface area contributed by atoms with Crippen LogP contribution in [-0.4, -0.2) is 33.1 Å². The van der Waals surface area contributed by atoms with E-state index in [9.17, 15) is 14.0 Å². The lowest BCUT2D eigenvalue weighted by Gasteiger charge is -2.14. The molecule has 9 heteroatoms. The maximum atomic E-state index is 13.9. The predicted octanol–water partition coefficient (Wildman–Crippen LogP) is 2.98. The van der Waals surface area contributed by atoms with Crippen LogP contribution in [0.4, 0.5) is 4.39 Å². The lowest BCUT2D eigenvalue weighted by molar-refractivity contribution is 0.0831. The van der Waals surface area contributed by atoms with E-state index >= 15 is 0 Å². The molecule has 0 bridgehead atoms. The number of carbonyl (C=O) groups excluding carboxylic acids is 2. The molecule has 0 spiro atoms. The summed E-state index contributed by atoms with van der Waals surface area (Å²) in [6, 6.07) is 7.27. The van der Waals surface area contributed by atoms with E-state index < -0.39 is 17.6 Å². The lowest BCUT2D eigenvalue weighted by Crippen LogP contribution is -2.41. The van der Waals surface area contributed by atoms with Gasteiger partial charge in [-0.2, -0.15) is 0 Å². The molecule has 0 fully saturated rings. The van der Waals surface area contributed by atoms with Gasteiger partial charge < -0.3 is 18.6 Å². The van der Waals surface area contributed by atoms with Crippen molar-refractivity contribution in [3.63, 3.8) is 0 Å². The molecular weight excluding hydrogens is 383 g/mol. The summed E-state index contributed by atoms with van der Waals surface area (Å²) in [5, 5.41) is 0.478. The van der Waals surface area contributed by atoms with Gasteiger partial charge in [-0.3, -0.25) is 20.4 Å². The van der Waals surface area contributed by atoms with Crippen LogP contribution in [0.2, 0.25) is 0 Å². The topological polar surface area (TPSA) is 99.0 Å². The maximum absolute atomic E-state index is 13.9. The van der Waals surface area contributed by atoms with Crippen molar-refractivity contribution in [1.29, 1.82) is 0 Å². The first kappa shape index (κ1) is 20.0. The molecule has 1 aromatic heterocycles. The molecule has 2 N–H and O–H groups in total. The molecule has 3 rings (SSSR count). The first-order chi connectivity index (χ1) is 13.9. The van der Waals surface area contributed by atoms with Gasteiger partial charge in [-0.15, -0.1) is 0 Å². The molecule has 1 heterocycles. The second-order valence-corrected chi connectivity index (χ2v) is 5.99. The van der Waals surface area contributed by atoms with Gasteiger partial charge in [0.15, 0.2) is 28.7 Å². The average molecular weight is 402 g/mol. The minimum atomic E-state index is -0.723. The van der Waals surface area contributed by atoms with Crippen molar-refractivity contribution in [2.75, 3.05) is 21.3 Å². The molecule has 0 atom stereocenters. The van der Waals surface area contributed by atoms with Crippen LogP contribution in [-0.2, 0) is 0 Å². The van der Waals surface area contributed by atoms with E-state index in [0.29, 0.717) is 16.7 Å². The van der Waals surface area contributed by atoms with Gasteiger partial charge >= 0.3 is 5.91 Å². The maximum Gasteiger partial charge on any atom is 0.305 e. The summed E-state index contributed by atoms with van der Waals surface area (Å²) in [4.78, 5) is 24.9. The van der Waals surface area contributed by atoms with Crippen molar-refractivity contribution in [3.8, 4) is 17.2 Å². The predicted molar refractivity (Wildman–Crippen MR) is 102 cm³/mol. The molecule has 0 saturated carbocycles. The van der Waals surface area contributed by atoms with Crippen LogP contribution in [0.1, 0.15) is 26.5 Å². The summed E-state index contributed by atoms with van der Waals surface area (Å²) < 4.78 is 34.8. The largest absolute Gasteiger partial charge is 0.493 e. The van der Waals surface area contributed by atoms with Crippen molar-refractivity contribution in [1.82, 2.24) is 10.9 Å². The molecule has 0 radical (unpaired) electrons. The Morgan fingerprint density at radius 2 is 1.59 bits per heavy atom. The van der Waals surface area contributed by atoms with Crippen molar-refractivity contribution < 1.29 is 32.6 Å². The zero-order valence-electron chi connectivity index (χ0n) is 16.2. The van der Waals surface area contributed by atoms with E-state index in [1.165, 1.54) is 45.6 Å². The molecular formula is C20H19FN2O6. The highest BCUT2D eigenvalue weighted by atomic mass is 19.1. The summed E-state index contributed by atoms with van der Waals surface area (Å²) in [6.45, 7) is 1.63. The van der Waals surface area contributed by atoms with Gasteiger partial charge in [-0.25, -0.2) is 4.39 Å². The summed E-state index contributed by atoms with van der Waals surface area (Å²) >= 11 is 0. The molecule has 0 aliphatic heterocycles. The van der Waals surface area contributed by atoms with Crippen molar-refractivity contribution in [2.45, 2.75) is 6.92 Å². The van der Waals surface area contributed by atoms with E-state index in [-0.39, 0.29) is 28.4 Å². The molecule has 0 saturated heterocycles. The number of rotatable bonds is 5. The third-order valence-corrected chi connectivity index (χ3v) is 4.34. The van der Waals surface area contributed by atoms with Crippen LogP contribution < -0.4 is 25.1 Å². The van der Waals surface area contributed by atoms with Crippen LogP contribution in [0.5, 0.6) is 17.2 Å². The number of hydrogen-bond acceptors (Lipinski definition) is 6. The average Bonchev–Trinajstić information content (AvgIpc) is 3.08. The normalized spacial score (nSPS) is 10.5. The van der Waals surface area contributed by atoms with Crippen LogP contribution in [0, 0.1) is 12.7 Å². The number of benzene rings is 2. The lowest BCUT2D eigenvalue weighted by atomic mass is 10.1. The Bertz CT molecular complexity index is 1070. The van der Waals surface area contributed by atoms with Gasteiger partial charge in [0.2, 0.25) is 5.75 Å². The fraction of sp³-hybridized carbons (Fsp3) is 0.200. The Balaban J connectivity index is 1.80. The van der Waals surface area contributed by atoms with Crippen molar-refractivity contribution in [3.05, 3.63) is 53.0 Å². The molecule has 29 heavy (non-hydrogen) atoms. The highest BCUT2D eigenvalue weighted by molar-refractivity contribution is 6.01. The highest BCUT2D eigenvalue weighted by Crippen LogP contribution is 2.38. The Kier molecular flexibility index (Phi) is 5.58. The number of furan rings is 1. The fourth-order valence-corrected chi connectivity index (χ4v) is 2.88. The Morgan fingerprint density at radius 1 is 0.966 bits per heavy atom. The number of para-hydroxylation sites is 1. The van der Waals surface area contributed by atoms with E-state index in [1.807, 2.05) is 0 Å². The van der Waals surface area contributed by atoms with Gasteiger partial charge in [0.25, 0.3) is 5.91 Å². The van der Waals surface area contributed by atoms with Crippen LogP contribution >= 0.6 is 0 Å². The minimum Gasteiger partial charge on any atom is -0.493 e. The molecule has 3 aromatic rings. The Morgan fingerprint density at radius 3 is 2.14 bits per heavy atom. The van der Waals surface area contributed by atoms with Gasteiger partial charge in [0.05, 0.1) is 21.3 Å². The third kappa shape index (κ3) is 3.66. The molecule has 0 unspecified atom stereocenters. The first-order valence-corrected chi connectivity index (χ1v) is 8.49. The summed E-state index contributed by atoms with van der Waals surface area (Å²) in [5.41, 5.74) is 5.13. The molecule has 2 aromatic carbocycles. The van der Waals surface area contributed by atoms with E-state index in [2.05, 4.69) is 10.9 Å². The minimum absolute atomic E-state index is 0.0221. The zero-order chi connectivity index (χ0) is 21.1. The number of halogens is 1. The second kappa shape index (κ2) is 8.09. The number of hydrazine groups is 1. The standard InChI is InChI=1S/C20H19FN2O6/c1-10-12-6-5-7-13(21)17(12)29-16(10)20(25)23-22-19(24)11-8-14(26-2)18(28-4)15(9-11)27-3/h5-9H,1-4H3,(H,22,24)(H,23,25). The number of methoxy groups -OCH3 is 3. The smallest absolute Gasteiger partial charge is 0.305 e. The summed E-state index contributed by atoms with van der Waals surface area (Å²) in [5.74, 6) is -1.13. The number of hydrogen-bond donors (Lipinski definition) is 2. The van der Waals surface area contributed by atoms with Gasteiger partial charge in [0, 0.05) is 16.5 Å². The molecule has 8 nitrogen and oxygen atoms in total. The Labute approximate surface area is 165 Å². The zero-order valence-corrected chi connectivity index (χ0v) is 16.2. The van der Waals surface area contributed by atoms with E-state index in [4.69, 9.17) is 18.6 Å². The summed E-state index contributed by atoms with van der Waals surface area (Å²) in [6.07, 6.45) is 0. The molecule has 0 aliphatic rings.